The van der Waals surface area contributed by atoms with Gasteiger partial charge in [-0.2, -0.15) is 0 Å². The van der Waals surface area contributed by atoms with Crippen molar-refractivity contribution in [3.8, 4) is 5.75 Å². The van der Waals surface area contributed by atoms with Crippen molar-refractivity contribution in [2.45, 2.75) is 26.0 Å². The molecule has 0 heterocycles. The summed E-state index contributed by atoms with van der Waals surface area (Å²) in [6.07, 6.45) is -0.974. The first-order valence-corrected chi connectivity index (χ1v) is 13.0. The van der Waals surface area contributed by atoms with Crippen molar-refractivity contribution in [2.24, 2.45) is 0 Å². The number of amides is 4. The van der Waals surface area contributed by atoms with E-state index in [2.05, 4.69) is 21.3 Å². The maximum Gasteiger partial charge on any atom is 0.514 e. The average Bonchev–Trinajstić information content (AvgIpc) is 2.91. The summed E-state index contributed by atoms with van der Waals surface area (Å²) in [5.74, 6) is -1.57. The smallest absolute Gasteiger partial charge is 0.429 e. The molecular formula is C24H26IN5O9. The first-order chi connectivity index (χ1) is 18.6. The summed E-state index contributed by atoms with van der Waals surface area (Å²) in [6.45, 7) is 1.19. The summed E-state index contributed by atoms with van der Waals surface area (Å²) in [7, 11) is 0. The van der Waals surface area contributed by atoms with E-state index in [1.165, 1.54) is 31.2 Å². The molecule has 0 radical (unpaired) electrons. The summed E-state index contributed by atoms with van der Waals surface area (Å²) in [4.78, 5) is 69.2. The molecule has 0 bridgehead atoms. The third kappa shape index (κ3) is 11.8. The number of nitro groups is 1. The molecule has 15 heteroatoms. The van der Waals surface area contributed by atoms with Crippen LogP contribution >= 0.6 is 22.6 Å². The van der Waals surface area contributed by atoms with E-state index in [9.17, 15) is 34.1 Å². The molecule has 2 aromatic carbocycles. The van der Waals surface area contributed by atoms with Crippen LogP contribution in [0.15, 0.2) is 48.5 Å². The Balaban J connectivity index is 1.70. The summed E-state index contributed by atoms with van der Waals surface area (Å²) >= 11 is 1.90. The standard InChI is InChI=1S/C24H26IN5O9/c1-15(28-22(33)13-27-20(31)10-11-26-21(32)12-25)23(34)29-17-4-2-16(3-5-17)14-38-24(35)39-19-8-6-18(7-9-19)30(36)37/h2-9,15H,10-14H2,1H3,(H,26,32)(H,27,31)(H,28,33)(H,29,34)/t15-/m0/s1. The van der Waals surface area contributed by atoms with Crippen LogP contribution in [-0.4, -0.2) is 58.3 Å². The van der Waals surface area contributed by atoms with Crippen LogP contribution in [0.4, 0.5) is 16.2 Å². The van der Waals surface area contributed by atoms with E-state index in [1.54, 1.807) is 24.3 Å². The number of ether oxygens (including phenoxy) is 2. The number of alkyl halides is 1. The Morgan fingerprint density at radius 1 is 0.949 bits per heavy atom. The van der Waals surface area contributed by atoms with Crippen LogP contribution in [-0.2, 0) is 30.5 Å². The normalized spacial score (nSPS) is 10.9. The molecule has 0 spiro atoms. The SMILES string of the molecule is C[C@H](NC(=O)CNC(=O)CCNC(=O)CI)C(=O)Nc1ccc(COC(=O)Oc2ccc([N+](=O)[O-])cc2)cc1. The van der Waals surface area contributed by atoms with Gasteiger partial charge in [0.25, 0.3) is 5.69 Å². The van der Waals surface area contributed by atoms with Gasteiger partial charge in [0.1, 0.15) is 18.4 Å². The Bertz CT molecular complexity index is 1190. The summed E-state index contributed by atoms with van der Waals surface area (Å²) in [5.41, 5.74) is 0.884. The number of benzene rings is 2. The van der Waals surface area contributed by atoms with E-state index in [4.69, 9.17) is 9.47 Å². The first kappa shape index (κ1) is 30.9. The van der Waals surface area contributed by atoms with Gasteiger partial charge in [0.05, 0.1) is 15.9 Å². The van der Waals surface area contributed by atoms with Crippen molar-refractivity contribution in [3.05, 3.63) is 64.2 Å². The predicted molar refractivity (Wildman–Crippen MR) is 146 cm³/mol. The van der Waals surface area contributed by atoms with E-state index in [0.717, 1.165) is 0 Å². The van der Waals surface area contributed by atoms with Crippen LogP contribution in [0.25, 0.3) is 0 Å². The molecule has 2 rings (SSSR count). The maximum atomic E-state index is 12.4. The fourth-order valence-electron chi connectivity index (χ4n) is 2.83. The van der Waals surface area contributed by atoms with Gasteiger partial charge in [-0.05, 0) is 36.8 Å². The zero-order chi connectivity index (χ0) is 28.8. The lowest BCUT2D eigenvalue weighted by atomic mass is 10.2. The molecule has 4 amide bonds. The van der Waals surface area contributed by atoms with E-state index in [1.807, 2.05) is 22.6 Å². The minimum Gasteiger partial charge on any atom is -0.429 e. The number of hydrogen-bond donors (Lipinski definition) is 4. The van der Waals surface area contributed by atoms with Crippen LogP contribution in [0, 0.1) is 10.1 Å². The molecule has 2 aromatic rings. The Morgan fingerprint density at radius 3 is 2.23 bits per heavy atom. The van der Waals surface area contributed by atoms with Crippen molar-refractivity contribution in [1.82, 2.24) is 16.0 Å². The highest BCUT2D eigenvalue weighted by molar-refractivity contribution is 14.1. The quantitative estimate of drug-likeness (QED) is 0.0622. The number of nitro benzene ring substituents is 1. The van der Waals surface area contributed by atoms with E-state index in [0.29, 0.717) is 11.3 Å². The van der Waals surface area contributed by atoms with Gasteiger partial charge in [-0.1, -0.05) is 34.7 Å². The molecule has 208 valence electrons. The lowest BCUT2D eigenvalue weighted by molar-refractivity contribution is -0.384. The summed E-state index contributed by atoms with van der Waals surface area (Å²) < 4.78 is 10.2. The highest BCUT2D eigenvalue weighted by Gasteiger charge is 2.16. The molecule has 14 nitrogen and oxygen atoms in total. The Morgan fingerprint density at radius 2 is 1.62 bits per heavy atom. The van der Waals surface area contributed by atoms with Crippen LogP contribution in [0.2, 0.25) is 0 Å². The number of rotatable bonds is 13. The molecular weight excluding hydrogens is 629 g/mol. The fourth-order valence-corrected chi connectivity index (χ4v) is 3.10. The van der Waals surface area contributed by atoms with E-state index < -0.39 is 34.8 Å². The Kier molecular flexibility index (Phi) is 12.6. The summed E-state index contributed by atoms with van der Waals surface area (Å²) in [5, 5.41) is 20.7. The van der Waals surface area contributed by atoms with E-state index in [-0.39, 0.29) is 47.9 Å². The van der Waals surface area contributed by atoms with Crippen LogP contribution in [0.1, 0.15) is 18.9 Å². The molecule has 39 heavy (non-hydrogen) atoms. The molecule has 0 aliphatic heterocycles. The number of hydrogen-bond acceptors (Lipinski definition) is 9. The summed E-state index contributed by atoms with van der Waals surface area (Å²) in [6, 6.07) is 10.4. The van der Waals surface area contributed by atoms with Crippen LogP contribution in [0.5, 0.6) is 5.75 Å². The monoisotopic (exact) mass is 655 g/mol. The highest BCUT2D eigenvalue weighted by atomic mass is 127. The molecule has 0 saturated carbocycles. The van der Waals surface area contributed by atoms with Crippen molar-refractivity contribution in [1.29, 1.82) is 0 Å². The second-order valence-corrected chi connectivity index (χ2v) is 8.64. The molecule has 0 saturated heterocycles. The zero-order valence-electron chi connectivity index (χ0n) is 20.7. The van der Waals surface area contributed by atoms with Gasteiger partial charge in [-0.15, -0.1) is 0 Å². The largest absolute Gasteiger partial charge is 0.514 e. The van der Waals surface area contributed by atoms with Crippen molar-refractivity contribution < 1.29 is 38.4 Å². The molecule has 4 N–H and O–H groups in total. The van der Waals surface area contributed by atoms with E-state index >= 15 is 0 Å². The molecule has 1 atom stereocenters. The number of nitrogens with one attached hydrogen (secondary N) is 4. The minimum atomic E-state index is -0.995. The van der Waals surface area contributed by atoms with Crippen LogP contribution in [0.3, 0.4) is 0 Å². The fraction of sp³-hybridized carbons (Fsp3) is 0.292. The first-order valence-electron chi connectivity index (χ1n) is 11.4. The van der Waals surface area contributed by atoms with Gasteiger partial charge in [-0.3, -0.25) is 29.3 Å². The number of carbonyl (C=O) groups excluding carboxylic acids is 5. The van der Waals surface area contributed by atoms with Gasteiger partial charge >= 0.3 is 6.16 Å². The molecule has 0 aliphatic rings. The van der Waals surface area contributed by atoms with Crippen molar-refractivity contribution in [2.75, 3.05) is 22.8 Å². The number of halogens is 1. The molecule has 0 fully saturated rings. The van der Waals surface area contributed by atoms with Crippen LogP contribution < -0.4 is 26.0 Å². The van der Waals surface area contributed by atoms with Crippen molar-refractivity contribution >= 4 is 63.7 Å². The molecule has 0 aliphatic carbocycles. The third-order valence-electron chi connectivity index (χ3n) is 4.84. The second kappa shape index (κ2) is 15.9. The lowest BCUT2D eigenvalue weighted by Gasteiger charge is -2.15. The van der Waals surface area contributed by atoms with Crippen molar-refractivity contribution in [3.63, 3.8) is 0 Å². The Hall–Kier alpha value is -4.28. The minimum absolute atomic E-state index is 0.0215. The number of non-ortho nitro benzene ring substituents is 1. The maximum absolute atomic E-state index is 12.4. The van der Waals surface area contributed by atoms with Gasteiger partial charge in [0.2, 0.25) is 23.6 Å². The van der Waals surface area contributed by atoms with Gasteiger partial charge in [0, 0.05) is 30.8 Å². The Labute approximate surface area is 236 Å². The topological polar surface area (TPSA) is 195 Å². The number of nitrogens with zero attached hydrogens (tertiary/aromatic N) is 1. The average molecular weight is 655 g/mol. The second-order valence-electron chi connectivity index (χ2n) is 7.88. The van der Waals surface area contributed by atoms with Gasteiger partial charge in [-0.25, -0.2) is 4.79 Å². The predicted octanol–water partition coefficient (Wildman–Crippen LogP) is 1.81. The van der Waals surface area contributed by atoms with Gasteiger partial charge < -0.3 is 30.7 Å². The number of carbonyl (C=O) groups is 5. The molecule has 0 unspecified atom stereocenters. The van der Waals surface area contributed by atoms with Gasteiger partial charge in [0.15, 0.2) is 0 Å². The number of anilines is 1. The lowest BCUT2D eigenvalue weighted by Crippen LogP contribution is -2.46. The zero-order valence-corrected chi connectivity index (χ0v) is 22.9. The third-order valence-corrected chi connectivity index (χ3v) is 5.53. The molecule has 0 aromatic heterocycles. The highest BCUT2D eigenvalue weighted by Crippen LogP contribution is 2.18.